The van der Waals surface area contributed by atoms with Crippen molar-refractivity contribution in [3.63, 3.8) is 0 Å². The van der Waals surface area contributed by atoms with Crippen LogP contribution in [0.2, 0.25) is 0 Å². The van der Waals surface area contributed by atoms with Crippen LogP contribution < -0.4 is 11.2 Å². The highest BCUT2D eigenvalue weighted by Crippen LogP contribution is 2.31. The first-order valence-corrected chi connectivity index (χ1v) is 4.16. The highest BCUT2D eigenvalue weighted by molar-refractivity contribution is 5.98. The van der Waals surface area contributed by atoms with Gasteiger partial charge >= 0.3 is 6.18 Å². The van der Waals surface area contributed by atoms with E-state index in [-0.39, 0.29) is 11.3 Å². The molecule has 3 N–H and O–H groups in total. The molecule has 0 aliphatic carbocycles. The topological polar surface area (TPSA) is 64.3 Å². The second kappa shape index (κ2) is 4.40. The molecule has 0 saturated heterocycles. The lowest BCUT2D eigenvalue weighted by molar-refractivity contribution is -0.137. The van der Waals surface area contributed by atoms with Crippen molar-refractivity contribution in [2.24, 2.45) is 0 Å². The molecule has 0 unspecified atom stereocenters. The molecule has 0 atom stereocenters. The third kappa shape index (κ3) is 2.63. The molecule has 1 aromatic rings. The van der Waals surface area contributed by atoms with Gasteiger partial charge in [-0.2, -0.15) is 13.2 Å². The van der Waals surface area contributed by atoms with Crippen LogP contribution in [0.1, 0.15) is 15.9 Å². The van der Waals surface area contributed by atoms with Crippen molar-refractivity contribution in [2.75, 3.05) is 12.8 Å². The van der Waals surface area contributed by atoms with Crippen molar-refractivity contribution in [3.05, 3.63) is 29.3 Å². The number of hydrogen-bond acceptors (Lipinski definition) is 3. The van der Waals surface area contributed by atoms with Gasteiger partial charge in [-0.15, -0.1) is 0 Å². The Balaban J connectivity index is 3.05. The van der Waals surface area contributed by atoms with E-state index in [1.165, 1.54) is 7.11 Å². The predicted molar refractivity (Wildman–Crippen MR) is 50.3 cm³/mol. The van der Waals surface area contributed by atoms with Gasteiger partial charge in [0.15, 0.2) is 0 Å². The summed E-state index contributed by atoms with van der Waals surface area (Å²) in [6.45, 7) is 0. The first-order valence-electron chi connectivity index (χ1n) is 4.16. The molecule has 0 bridgehead atoms. The molecule has 4 nitrogen and oxygen atoms in total. The monoisotopic (exact) mass is 234 g/mol. The van der Waals surface area contributed by atoms with Gasteiger partial charge in [-0.1, -0.05) is 0 Å². The van der Waals surface area contributed by atoms with Crippen LogP contribution in [0, 0.1) is 0 Å². The Bertz CT molecular complexity index is 404. The maximum absolute atomic E-state index is 12.3. The van der Waals surface area contributed by atoms with E-state index in [4.69, 9.17) is 5.73 Å². The minimum atomic E-state index is -4.48. The Morgan fingerprint density at radius 3 is 2.50 bits per heavy atom. The van der Waals surface area contributed by atoms with Gasteiger partial charge in [-0.25, -0.2) is 5.48 Å². The van der Waals surface area contributed by atoms with Gasteiger partial charge in [0.25, 0.3) is 5.91 Å². The Kier molecular flexibility index (Phi) is 3.38. The number of alkyl halides is 3. The van der Waals surface area contributed by atoms with E-state index >= 15 is 0 Å². The van der Waals surface area contributed by atoms with Crippen LogP contribution in [-0.4, -0.2) is 13.0 Å². The van der Waals surface area contributed by atoms with E-state index in [1.807, 2.05) is 5.48 Å². The van der Waals surface area contributed by atoms with E-state index in [0.717, 1.165) is 12.1 Å². The molecule has 0 spiro atoms. The number of benzene rings is 1. The largest absolute Gasteiger partial charge is 0.416 e. The molecule has 0 heterocycles. The molecule has 1 aromatic carbocycles. The summed E-state index contributed by atoms with van der Waals surface area (Å²) in [5.74, 6) is -0.700. The zero-order valence-corrected chi connectivity index (χ0v) is 8.26. The van der Waals surface area contributed by atoms with Crippen LogP contribution in [0.15, 0.2) is 18.2 Å². The van der Waals surface area contributed by atoms with Crippen molar-refractivity contribution >= 4 is 11.6 Å². The zero-order chi connectivity index (χ0) is 12.3. The van der Waals surface area contributed by atoms with Gasteiger partial charge < -0.3 is 5.73 Å². The molecule has 0 radical (unpaired) electrons. The second-order valence-corrected chi connectivity index (χ2v) is 2.94. The Hall–Kier alpha value is -1.76. The number of carbonyl (C=O) groups excluding carboxylic acids is 1. The van der Waals surface area contributed by atoms with Crippen LogP contribution in [0.5, 0.6) is 0 Å². The number of halogens is 3. The highest BCUT2D eigenvalue weighted by Gasteiger charge is 2.31. The lowest BCUT2D eigenvalue weighted by Crippen LogP contribution is -2.23. The molecule has 0 saturated carbocycles. The molecule has 1 amide bonds. The molecule has 0 aliphatic rings. The van der Waals surface area contributed by atoms with Crippen molar-refractivity contribution < 1.29 is 22.8 Å². The standard InChI is InChI=1S/C9H9F3N2O2/c1-16-14-8(15)6-3-2-5(4-7(6)13)9(10,11)12/h2-4H,13H2,1H3,(H,14,15). The molecule has 1 rings (SSSR count). The molecular formula is C9H9F3N2O2. The number of hydroxylamine groups is 1. The molecular weight excluding hydrogens is 225 g/mol. The van der Waals surface area contributed by atoms with Crippen LogP contribution in [0.3, 0.4) is 0 Å². The quantitative estimate of drug-likeness (QED) is 0.603. The average molecular weight is 234 g/mol. The number of nitrogen functional groups attached to an aromatic ring is 1. The first kappa shape index (κ1) is 12.3. The molecule has 16 heavy (non-hydrogen) atoms. The average Bonchev–Trinajstić information content (AvgIpc) is 2.16. The number of hydrogen-bond donors (Lipinski definition) is 2. The maximum Gasteiger partial charge on any atom is 0.416 e. The fourth-order valence-corrected chi connectivity index (χ4v) is 1.09. The van der Waals surface area contributed by atoms with E-state index < -0.39 is 17.6 Å². The normalized spacial score (nSPS) is 11.2. The molecule has 7 heteroatoms. The van der Waals surface area contributed by atoms with E-state index in [2.05, 4.69) is 4.84 Å². The third-order valence-electron chi connectivity index (χ3n) is 1.82. The van der Waals surface area contributed by atoms with Crippen molar-refractivity contribution in [3.8, 4) is 0 Å². The molecule has 0 fully saturated rings. The van der Waals surface area contributed by atoms with Gasteiger partial charge in [0.05, 0.1) is 18.2 Å². The van der Waals surface area contributed by atoms with Crippen molar-refractivity contribution in [1.82, 2.24) is 5.48 Å². The number of carbonyl (C=O) groups is 1. The highest BCUT2D eigenvalue weighted by atomic mass is 19.4. The van der Waals surface area contributed by atoms with Gasteiger partial charge in [0, 0.05) is 5.69 Å². The third-order valence-corrected chi connectivity index (χ3v) is 1.82. The Labute approximate surface area is 89.1 Å². The van der Waals surface area contributed by atoms with Crippen LogP contribution in [0.25, 0.3) is 0 Å². The van der Waals surface area contributed by atoms with Gasteiger partial charge in [-0.3, -0.25) is 9.63 Å². The van der Waals surface area contributed by atoms with E-state index in [1.54, 1.807) is 0 Å². The van der Waals surface area contributed by atoms with E-state index in [9.17, 15) is 18.0 Å². The van der Waals surface area contributed by atoms with Gasteiger partial charge in [0.2, 0.25) is 0 Å². The van der Waals surface area contributed by atoms with Crippen molar-refractivity contribution in [2.45, 2.75) is 6.18 Å². The first-order chi connectivity index (χ1) is 7.36. The fraction of sp³-hybridized carbons (Fsp3) is 0.222. The second-order valence-electron chi connectivity index (χ2n) is 2.94. The number of nitrogens with two attached hydrogens (primary N) is 1. The summed E-state index contributed by atoms with van der Waals surface area (Å²) in [7, 11) is 1.21. The van der Waals surface area contributed by atoms with Gasteiger partial charge in [-0.05, 0) is 18.2 Å². The number of amides is 1. The lowest BCUT2D eigenvalue weighted by atomic mass is 10.1. The lowest BCUT2D eigenvalue weighted by Gasteiger charge is -2.10. The van der Waals surface area contributed by atoms with Crippen molar-refractivity contribution in [1.29, 1.82) is 0 Å². The van der Waals surface area contributed by atoms with Crippen LogP contribution in [0.4, 0.5) is 18.9 Å². The van der Waals surface area contributed by atoms with Gasteiger partial charge in [0.1, 0.15) is 0 Å². The zero-order valence-electron chi connectivity index (χ0n) is 8.26. The number of anilines is 1. The molecule has 88 valence electrons. The summed E-state index contributed by atoms with van der Waals surface area (Å²) >= 11 is 0. The molecule has 0 aliphatic heterocycles. The summed E-state index contributed by atoms with van der Waals surface area (Å²) < 4.78 is 36.8. The molecule has 0 aromatic heterocycles. The van der Waals surface area contributed by atoms with Crippen LogP contribution in [-0.2, 0) is 11.0 Å². The Morgan fingerprint density at radius 2 is 2.06 bits per heavy atom. The summed E-state index contributed by atoms with van der Waals surface area (Å²) in [4.78, 5) is 15.6. The fourth-order valence-electron chi connectivity index (χ4n) is 1.09. The van der Waals surface area contributed by atoms with Crippen LogP contribution >= 0.6 is 0 Å². The summed E-state index contributed by atoms with van der Waals surface area (Å²) in [5.41, 5.74) is 6.06. The number of rotatable bonds is 2. The number of nitrogens with one attached hydrogen (secondary N) is 1. The minimum Gasteiger partial charge on any atom is -0.398 e. The minimum absolute atomic E-state index is 0.0742. The smallest absolute Gasteiger partial charge is 0.398 e. The summed E-state index contributed by atoms with van der Waals surface area (Å²) in [6.07, 6.45) is -4.48. The summed E-state index contributed by atoms with van der Waals surface area (Å²) in [6, 6.07) is 2.47. The van der Waals surface area contributed by atoms with E-state index in [0.29, 0.717) is 6.07 Å². The Morgan fingerprint density at radius 1 is 1.44 bits per heavy atom. The maximum atomic E-state index is 12.3. The SMILES string of the molecule is CONC(=O)c1ccc(C(F)(F)F)cc1N. The predicted octanol–water partition coefficient (Wildman–Crippen LogP) is 1.58. The summed E-state index contributed by atoms with van der Waals surface area (Å²) in [5, 5.41) is 0.